The predicted molar refractivity (Wildman–Crippen MR) is 120 cm³/mol. The molecule has 0 saturated carbocycles. The van der Waals surface area contributed by atoms with Crippen LogP contribution in [-0.4, -0.2) is 43.6 Å². The summed E-state index contributed by atoms with van der Waals surface area (Å²) >= 11 is 1.95. The van der Waals surface area contributed by atoms with Crippen molar-refractivity contribution in [3.8, 4) is 0 Å². The molecule has 2 aromatic carbocycles. The molecule has 0 unspecified atom stereocenters. The van der Waals surface area contributed by atoms with Crippen LogP contribution >= 0.6 is 23.1 Å². The third kappa shape index (κ3) is 5.04. The maximum atomic E-state index is 12.5. The van der Waals surface area contributed by atoms with Crippen molar-refractivity contribution in [2.45, 2.75) is 23.9 Å². The Kier molecular flexibility index (Phi) is 6.38. The number of benzene rings is 2. The number of carbonyl (C=O) groups is 1. The van der Waals surface area contributed by atoms with Crippen molar-refractivity contribution in [1.82, 2.24) is 4.98 Å². The Balaban J connectivity index is 1.62. The summed E-state index contributed by atoms with van der Waals surface area (Å²) in [6.07, 6.45) is -2.35. The number of esters is 1. The Bertz CT molecular complexity index is 1190. The molecule has 0 bridgehead atoms. The summed E-state index contributed by atoms with van der Waals surface area (Å²) in [6.45, 7) is 0.906. The van der Waals surface area contributed by atoms with Gasteiger partial charge >= 0.3 is 12.1 Å². The molecule has 11 heteroatoms. The normalized spacial score (nSPS) is 14.2. The van der Waals surface area contributed by atoms with Gasteiger partial charge in [-0.05, 0) is 48.7 Å². The van der Waals surface area contributed by atoms with E-state index in [1.165, 1.54) is 18.4 Å². The van der Waals surface area contributed by atoms with E-state index in [0.29, 0.717) is 31.5 Å². The zero-order valence-electron chi connectivity index (χ0n) is 17.3. The van der Waals surface area contributed by atoms with Gasteiger partial charge in [0.1, 0.15) is 5.69 Å². The summed E-state index contributed by atoms with van der Waals surface area (Å²) in [6, 6.07) is 8.56. The Morgan fingerprint density at radius 3 is 2.84 bits per heavy atom. The zero-order valence-corrected chi connectivity index (χ0v) is 18.9. The summed E-state index contributed by atoms with van der Waals surface area (Å²) in [5.41, 5.74) is 3.39. The van der Waals surface area contributed by atoms with Crippen LogP contribution in [0.15, 0.2) is 45.5 Å². The smallest absolute Gasteiger partial charge is 0.398 e. The molecule has 4 rings (SSSR count). The highest BCUT2D eigenvalue weighted by molar-refractivity contribution is 7.99. The number of methoxy groups -OCH3 is 1. The fraction of sp³-hybridized carbons (Fsp3) is 0.333. The summed E-state index contributed by atoms with van der Waals surface area (Å²) in [7, 11) is 3.29. The topological polar surface area (TPSA) is 67.1 Å². The minimum Gasteiger partial charge on any atom is -0.465 e. The highest BCUT2D eigenvalue weighted by Gasteiger charge is 2.27. The molecule has 0 spiro atoms. The Morgan fingerprint density at radius 2 is 2.09 bits per heavy atom. The standard InChI is InChI=1S/C21H19F3N4O2S2/c1-28-7-3-4-12-8-16(14(10-17(12)28)19(29)30-2)26-27-20-25-15-6-5-13(9-18(15)32-20)31-11-21(22,23)24/h5-6,8-10H,3-4,7,11H2,1-2H3. The fourth-order valence-electron chi connectivity index (χ4n) is 3.45. The van der Waals surface area contributed by atoms with Crippen LogP contribution < -0.4 is 4.90 Å². The van der Waals surface area contributed by atoms with Gasteiger partial charge in [0.05, 0.1) is 28.6 Å². The van der Waals surface area contributed by atoms with E-state index < -0.39 is 17.9 Å². The quantitative estimate of drug-likeness (QED) is 0.236. The maximum absolute atomic E-state index is 12.5. The van der Waals surface area contributed by atoms with E-state index in [9.17, 15) is 18.0 Å². The van der Waals surface area contributed by atoms with Gasteiger partial charge in [-0.2, -0.15) is 13.2 Å². The van der Waals surface area contributed by atoms with Crippen LogP contribution in [0.4, 0.5) is 29.7 Å². The van der Waals surface area contributed by atoms with Gasteiger partial charge in [0.15, 0.2) is 0 Å². The first-order valence-corrected chi connectivity index (χ1v) is 11.5. The summed E-state index contributed by atoms with van der Waals surface area (Å²) in [5, 5.41) is 8.81. The van der Waals surface area contributed by atoms with E-state index in [2.05, 4.69) is 20.1 Å². The average molecular weight is 481 g/mol. The van der Waals surface area contributed by atoms with Gasteiger partial charge in [0.2, 0.25) is 5.13 Å². The van der Waals surface area contributed by atoms with Gasteiger partial charge in [-0.25, -0.2) is 9.78 Å². The number of thiazole rings is 1. The number of azo groups is 1. The first-order valence-electron chi connectivity index (χ1n) is 9.72. The molecule has 0 aliphatic carbocycles. The zero-order chi connectivity index (χ0) is 22.9. The van der Waals surface area contributed by atoms with Crippen molar-refractivity contribution in [3.05, 3.63) is 41.5 Å². The lowest BCUT2D eigenvalue weighted by molar-refractivity contribution is -0.105. The average Bonchev–Trinajstić information content (AvgIpc) is 3.17. The van der Waals surface area contributed by atoms with E-state index in [-0.39, 0.29) is 0 Å². The number of alkyl halides is 3. The van der Waals surface area contributed by atoms with Crippen molar-refractivity contribution < 1.29 is 22.7 Å². The number of fused-ring (bicyclic) bond motifs is 2. The van der Waals surface area contributed by atoms with Gasteiger partial charge in [-0.1, -0.05) is 11.3 Å². The van der Waals surface area contributed by atoms with Gasteiger partial charge in [-0.15, -0.1) is 22.0 Å². The van der Waals surface area contributed by atoms with E-state index >= 15 is 0 Å². The first-order chi connectivity index (χ1) is 15.2. The van der Waals surface area contributed by atoms with Gasteiger partial charge in [0.25, 0.3) is 0 Å². The molecule has 3 aromatic rings. The molecular formula is C21H19F3N4O2S2. The fourth-order valence-corrected chi connectivity index (χ4v) is 5.04. The Labute approximate surface area is 190 Å². The molecular weight excluding hydrogens is 461 g/mol. The second-order valence-corrected chi connectivity index (χ2v) is 9.30. The van der Waals surface area contributed by atoms with Gasteiger partial charge in [-0.3, -0.25) is 0 Å². The number of aromatic nitrogens is 1. The molecule has 32 heavy (non-hydrogen) atoms. The largest absolute Gasteiger partial charge is 0.465 e. The minimum atomic E-state index is -4.23. The van der Waals surface area contributed by atoms with E-state index in [0.717, 1.165) is 42.4 Å². The molecule has 0 amide bonds. The van der Waals surface area contributed by atoms with E-state index in [1.54, 1.807) is 24.3 Å². The van der Waals surface area contributed by atoms with E-state index in [4.69, 9.17) is 4.74 Å². The lowest BCUT2D eigenvalue weighted by Gasteiger charge is -2.28. The van der Waals surface area contributed by atoms with Crippen molar-refractivity contribution >= 4 is 55.8 Å². The Hall–Kier alpha value is -2.66. The second kappa shape index (κ2) is 9.07. The number of nitrogens with zero attached hydrogens (tertiary/aromatic N) is 4. The van der Waals surface area contributed by atoms with Crippen LogP contribution in [-0.2, 0) is 11.2 Å². The number of anilines is 1. The predicted octanol–water partition coefficient (Wildman–Crippen LogP) is 6.54. The molecule has 1 aromatic heterocycles. The van der Waals surface area contributed by atoms with Crippen molar-refractivity contribution in [2.24, 2.45) is 10.2 Å². The van der Waals surface area contributed by atoms with Crippen LogP contribution in [0.3, 0.4) is 0 Å². The van der Waals surface area contributed by atoms with Crippen molar-refractivity contribution in [1.29, 1.82) is 0 Å². The van der Waals surface area contributed by atoms with Gasteiger partial charge in [0, 0.05) is 24.2 Å². The van der Waals surface area contributed by atoms with Crippen LogP contribution in [0.1, 0.15) is 22.3 Å². The SMILES string of the molecule is COC(=O)c1cc2c(cc1N=Nc1nc3ccc(SCC(F)(F)F)cc3s1)CCCN2C. The number of rotatable bonds is 5. The molecule has 1 aliphatic heterocycles. The van der Waals surface area contributed by atoms with Crippen molar-refractivity contribution in [3.63, 3.8) is 0 Å². The highest BCUT2D eigenvalue weighted by atomic mass is 32.2. The number of thioether (sulfide) groups is 1. The lowest BCUT2D eigenvalue weighted by Crippen LogP contribution is -2.25. The molecule has 0 fully saturated rings. The highest BCUT2D eigenvalue weighted by Crippen LogP contribution is 2.37. The van der Waals surface area contributed by atoms with Crippen LogP contribution in [0.2, 0.25) is 0 Å². The number of ether oxygens (including phenoxy) is 1. The monoisotopic (exact) mass is 480 g/mol. The van der Waals surface area contributed by atoms with Crippen molar-refractivity contribution in [2.75, 3.05) is 31.4 Å². The van der Waals surface area contributed by atoms with Gasteiger partial charge < -0.3 is 9.64 Å². The van der Waals surface area contributed by atoms with Crippen LogP contribution in [0, 0.1) is 0 Å². The number of aryl methyl sites for hydroxylation is 1. The number of carbonyl (C=O) groups excluding carboxylic acids is 1. The first kappa shape index (κ1) is 22.5. The van der Waals surface area contributed by atoms with Crippen LogP contribution in [0.5, 0.6) is 0 Å². The number of hydrogen-bond donors (Lipinski definition) is 0. The second-order valence-electron chi connectivity index (χ2n) is 7.24. The molecule has 6 nitrogen and oxygen atoms in total. The third-order valence-corrected chi connectivity index (χ3v) is 6.91. The molecule has 0 atom stereocenters. The van der Waals surface area contributed by atoms with E-state index in [1.807, 2.05) is 13.1 Å². The number of hydrogen-bond acceptors (Lipinski definition) is 8. The summed E-state index contributed by atoms with van der Waals surface area (Å²) in [5.74, 6) is -1.45. The minimum absolute atomic E-state index is 0.315. The molecule has 2 heterocycles. The molecule has 1 aliphatic rings. The maximum Gasteiger partial charge on any atom is 0.398 e. The number of halogens is 3. The molecule has 0 saturated heterocycles. The summed E-state index contributed by atoms with van der Waals surface area (Å²) < 4.78 is 43.0. The summed E-state index contributed by atoms with van der Waals surface area (Å²) in [4.78, 5) is 19.3. The molecule has 0 radical (unpaired) electrons. The lowest BCUT2D eigenvalue weighted by atomic mass is 9.98. The molecule has 0 N–H and O–H groups in total. The third-order valence-electron chi connectivity index (χ3n) is 4.95. The molecule has 168 valence electrons. The Morgan fingerprint density at radius 1 is 1.28 bits per heavy atom. The van der Waals surface area contributed by atoms with Crippen LogP contribution in [0.25, 0.3) is 10.2 Å².